The predicted octanol–water partition coefficient (Wildman–Crippen LogP) is 3.50. The van der Waals surface area contributed by atoms with Crippen LogP contribution in [0.3, 0.4) is 0 Å². The molecule has 1 saturated heterocycles. The third kappa shape index (κ3) is 5.27. The number of rotatable bonds is 6. The summed E-state index contributed by atoms with van der Waals surface area (Å²) in [6.07, 6.45) is 4.48. The van der Waals surface area contributed by atoms with Gasteiger partial charge in [0.2, 0.25) is 15.9 Å². The molecule has 0 aliphatic carbocycles. The molecular formula is C20H23FN2O3S2. The number of carbonyl (C=O) groups is 1. The predicted molar refractivity (Wildman–Crippen MR) is 111 cm³/mol. The van der Waals surface area contributed by atoms with E-state index in [1.54, 1.807) is 25.1 Å². The van der Waals surface area contributed by atoms with Crippen molar-refractivity contribution in [2.75, 3.05) is 18.8 Å². The number of sulfonamides is 1. The minimum atomic E-state index is -3.16. The standard InChI is InChI=1S/C20H23FN2O3S2/c1-2-28(25,26)23-13-11-17(12-14-23)22-20(24)10-8-18-7-9-19(27-18)15-3-5-16(21)6-4-15/h3-10,17H,2,11-14H2,1H3,(H,22,24). The highest BCUT2D eigenvalue weighted by atomic mass is 32.2. The molecule has 0 unspecified atom stereocenters. The molecule has 1 amide bonds. The molecule has 3 rings (SSSR count). The lowest BCUT2D eigenvalue weighted by Crippen LogP contribution is -2.46. The number of piperidine rings is 1. The summed E-state index contributed by atoms with van der Waals surface area (Å²) in [7, 11) is -3.16. The molecule has 1 aromatic carbocycles. The molecule has 2 heterocycles. The Morgan fingerprint density at radius 3 is 2.54 bits per heavy atom. The fourth-order valence-electron chi connectivity index (χ4n) is 3.08. The second kappa shape index (κ2) is 8.98. The number of nitrogens with zero attached hydrogens (tertiary/aromatic N) is 1. The molecule has 1 aliphatic rings. The van der Waals surface area contributed by atoms with Gasteiger partial charge in [-0.25, -0.2) is 17.1 Å². The number of nitrogens with one attached hydrogen (secondary N) is 1. The van der Waals surface area contributed by atoms with Crippen LogP contribution in [-0.2, 0) is 14.8 Å². The van der Waals surface area contributed by atoms with E-state index in [1.165, 1.54) is 33.9 Å². The zero-order chi connectivity index (χ0) is 20.1. The lowest BCUT2D eigenvalue weighted by atomic mass is 10.1. The van der Waals surface area contributed by atoms with E-state index in [-0.39, 0.29) is 23.5 Å². The van der Waals surface area contributed by atoms with Gasteiger partial charge in [0, 0.05) is 35.0 Å². The Morgan fingerprint density at radius 2 is 1.89 bits per heavy atom. The van der Waals surface area contributed by atoms with Crippen molar-refractivity contribution in [1.82, 2.24) is 9.62 Å². The number of hydrogen-bond donors (Lipinski definition) is 1. The maximum atomic E-state index is 13.0. The van der Waals surface area contributed by atoms with Crippen LogP contribution >= 0.6 is 11.3 Å². The number of benzene rings is 1. The van der Waals surface area contributed by atoms with Crippen LogP contribution in [0.1, 0.15) is 24.6 Å². The van der Waals surface area contributed by atoms with Crippen molar-refractivity contribution in [3.05, 3.63) is 53.2 Å². The van der Waals surface area contributed by atoms with E-state index in [0.29, 0.717) is 25.9 Å². The van der Waals surface area contributed by atoms with Crippen LogP contribution in [0.15, 0.2) is 42.5 Å². The Labute approximate surface area is 168 Å². The van der Waals surface area contributed by atoms with E-state index in [4.69, 9.17) is 0 Å². The van der Waals surface area contributed by atoms with Crippen molar-refractivity contribution < 1.29 is 17.6 Å². The summed E-state index contributed by atoms with van der Waals surface area (Å²) in [5, 5.41) is 2.94. The van der Waals surface area contributed by atoms with Crippen molar-refractivity contribution in [3.63, 3.8) is 0 Å². The molecule has 0 radical (unpaired) electrons. The van der Waals surface area contributed by atoms with Crippen molar-refractivity contribution in [3.8, 4) is 10.4 Å². The van der Waals surface area contributed by atoms with Crippen molar-refractivity contribution in [2.24, 2.45) is 0 Å². The molecule has 0 bridgehead atoms. The van der Waals surface area contributed by atoms with Crippen LogP contribution in [-0.4, -0.2) is 43.5 Å². The SMILES string of the molecule is CCS(=O)(=O)N1CCC(NC(=O)C=Cc2ccc(-c3ccc(F)cc3)s2)CC1. The third-order valence-corrected chi connectivity index (χ3v) is 7.69. The van der Waals surface area contributed by atoms with Crippen LogP contribution in [0, 0.1) is 5.82 Å². The molecule has 28 heavy (non-hydrogen) atoms. The van der Waals surface area contributed by atoms with Gasteiger partial charge in [-0.3, -0.25) is 4.79 Å². The van der Waals surface area contributed by atoms with Crippen LogP contribution in [0.4, 0.5) is 4.39 Å². The zero-order valence-electron chi connectivity index (χ0n) is 15.6. The molecule has 0 spiro atoms. The number of carbonyl (C=O) groups excluding carboxylic acids is 1. The fourth-order valence-corrected chi connectivity index (χ4v) is 5.13. The molecule has 0 saturated carbocycles. The highest BCUT2D eigenvalue weighted by Crippen LogP contribution is 2.28. The van der Waals surface area contributed by atoms with Crippen LogP contribution in [0.2, 0.25) is 0 Å². The summed E-state index contributed by atoms with van der Waals surface area (Å²) < 4.78 is 38.3. The Morgan fingerprint density at radius 1 is 1.21 bits per heavy atom. The largest absolute Gasteiger partial charge is 0.350 e. The molecule has 150 valence electrons. The van der Waals surface area contributed by atoms with Crippen molar-refractivity contribution >= 4 is 33.3 Å². The first-order valence-corrected chi connectivity index (χ1v) is 11.6. The smallest absolute Gasteiger partial charge is 0.244 e. The minimum Gasteiger partial charge on any atom is -0.350 e. The monoisotopic (exact) mass is 422 g/mol. The van der Waals surface area contributed by atoms with Crippen molar-refractivity contribution in [2.45, 2.75) is 25.8 Å². The third-order valence-electron chi connectivity index (χ3n) is 4.71. The van der Waals surface area contributed by atoms with Gasteiger partial charge in [0.25, 0.3) is 0 Å². The first-order chi connectivity index (χ1) is 13.4. The Balaban J connectivity index is 1.52. The Kier molecular flexibility index (Phi) is 6.64. The summed E-state index contributed by atoms with van der Waals surface area (Å²) >= 11 is 1.52. The second-order valence-electron chi connectivity index (χ2n) is 6.62. The van der Waals surface area contributed by atoms with Crippen LogP contribution in [0.25, 0.3) is 16.5 Å². The average Bonchev–Trinajstić information content (AvgIpc) is 3.16. The van der Waals surface area contributed by atoms with E-state index in [2.05, 4.69) is 5.32 Å². The quantitative estimate of drug-likeness (QED) is 0.725. The van der Waals surface area contributed by atoms with Gasteiger partial charge in [0.15, 0.2) is 0 Å². The maximum absolute atomic E-state index is 13.0. The zero-order valence-corrected chi connectivity index (χ0v) is 17.2. The Bertz CT molecular complexity index is 944. The lowest BCUT2D eigenvalue weighted by molar-refractivity contribution is -0.117. The van der Waals surface area contributed by atoms with E-state index >= 15 is 0 Å². The molecule has 5 nitrogen and oxygen atoms in total. The molecule has 1 aromatic heterocycles. The lowest BCUT2D eigenvalue weighted by Gasteiger charge is -2.31. The molecule has 1 fully saturated rings. The van der Waals surface area contributed by atoms with Gasteiger partial charge in [-0.05, 0) is 55.7 Å². The minimum absolute atomic E-state index is 0.0152. The Hall–Kier alpha value is -2.03. The van der Waals surface area contributed by atoms with E-state index in [0.717, 1.165) is 15.3 Å². The maximum Gasteiger partial charge on any atom is 0.244 e. The van der Waals surface area contributed by atoms with Crippen LogP contribution < -0.4 is 5.32 Å². The number of amides is 1. The van der Waals surface area contributed by atoms with Crippen molar-refractivity contribution in [1.29, 1.82) is 0 Å². The highest BCUT2D eigenvalue weighted by Gasteiger charge is 2.26. The van der Waals surface area contributed by atoms with E-state index < -0.39 is 10.0 Å². The summed E-state index contributed by atoms with van der Waals surface area (Å²) in [6.45, 7) is 2.52. The number of hydrogen-bond acceptors (Lipinski definition) is 4. The van der Waals surface area contributed by atoms with Crippen LogP contribution in [0.5, 0.6) is 0 Å². The summed E-state index contributed by atoms with van der Waals surface area (Å²) in [5.41, 5.74) is 0.935. The number of thiophene rings is 1. The first kappa shape index (κ1) is 20.7. The second-order valence-corrected chi connectivity index (χ2v) is 10.00. The normalized spacial score (nSPS) is 16.5. The summed E-state index contributed by atoms with van der Waals surface area (Å²) in [4.78, 5) is 14.1. The molecule has 2 aromatic rings. The van der Waals surface area contributed by atoms with Gasteiger partial charge < -0.3 is 5.32 Å². The molecule has 8 heteroatoms. The summed E-state index contributed by atoms with van der Waals surface area (Å²) in [6, 6.07) is 10.2. The van der Waals surface area contributed by atoms with Gasteiger partial charge in [-0.15, -0.1) is 11.3 Å². The average molecular weight is 423 g/mol. The molecule has 1 aliphatic heterocycles. The number of halogens is 1. The topological polar surface area (TPSA) is 66.5 Å². The highest BCUT2D eigenvalue weighted by molar-refractivity contribution is 7.89. The molecule has 1 N–H and O–H groups in total. The van der Waals surface area contributed by atoms with E-state index in [1.807, 2.05) is 12.1 Å². The van der Waals surface area contributed by atoms with Gasteiger partial charge in [-0.1, -0.05) is 12.1 Å². The van der Waals surface area contributed by atoms with Gasteiger partial charge in [-0.2, -0.15) is 0 Å². The van der Waals surface area contributed by atoms with Gasteiger partial charge in [0.05, 0.1) is 5.75 Å². The van der Waals surface area contributed by atoms with E-state index in [9.17, 15) is 17.6 Å². The van der Waals surface area contributed by atoms with Gasteiger partial charge in [0.1, 0.15) is 5.82 Å². The summed E-state index contributed by atoms with van der Waals surface area (Å²) in [5.74, 6) is -0.350. The fraction of sp³-hybridized carbons (Fsp3) is 0.350. The first-order valence-electron chi connectivity index (χ1n) is 9.19. The molecule has 0 atom stereocenters. The van der Waals surface area contributed by atoms with Gasteiger partial charge >= 0.3 is 0 Å². The molecular weight excluding hydrogens is 399 g/mol.